The van der Waals surface area contributed by atoms with E-state index in [1.165, 1.54) is 0 Å². The maximum Gasteiger partial charge on any atom is 0.407 e. The van der Waals surface area contributed by atoms with Crippen molar-refractivity contribution in [2.45, 2.75) is 57.2 Å². The quantitative estimate of drug-likeness (QED) is 0.181. The molecule has 0 aliphatic heterocycles. The number of carboxylic acids is 1. The molecule has 9 nitrogen and oxygen atoms in total. The van der Waals surface area contributed by atoms with Gasteiger partial charge < -0.3 is 24.8 Å². The van der Waals surface area contributed by atoms with Crippen LogP contribution in [0.2, 0.25) is 0 Å². The van der Waals surface area contributed by atoms with Gasteiger partial charge >= 0.3 is 18.0 Å². The van der Waals surface area contributed by atoms with Crippen LogP contribution >= 0.6 is 0 Å². The molecule has 2 N–H and O–H groups in total. The van der Waals surface area contributed by atoms with Gasteiger partial charge in [-0.3, -0.25) is 9.59 Å². The Balaban J connectivity index is 1.41. The van der Waals surface area contributed by atoms with E-state index >= 15 is 0 Å². The molecule has 0 aromatic heterocycles. The van der Waals surface area contributed by atoms with Crippen LogP contribution in [0.1, 0.15) is 48.9 Å². The van der Waals surface area contributed by atoms with Crippen LogP contribution in [0.5, 0.6) is 0 Å². The Labute approximate surface area is 280 Å². The molecule has 4 aromatic carbocycles. The molecule has 4 aromatic rings. The van der Waals surface area contributed by atoms with Gasteiger partial charge in [0, 0.05) is 18.8 Å². The van der Waals surface area contributed by atoms with Crippen LogP contribution < -0.4 is 5.32 Å². The Morgan fingerprint density at radius 2 is 1.25 bits per heavy atom. The molecule has 0 saturated heterocycles. The molecule has 0 spiro atoms. The molecule has 1 aliphatic rings. The summed E-state index contributed by atoms with van der Waals surface area (Å²) in [7, 11) is 0. The molecular formula is C39H40N2O7. The smallest absolute Gasteiger partial charge is 0.407 e. The lowest BCUT2D eigenvalue weighted by atomic mass is 9.98. The number of nitrogens with zero attached hydrogens (tertiary/aromatic N) is 1. The van der Waals surface area contributed by atoms with E-state index < -0.39 is 48.2 Å². The number of hydrogen-bond acceptors (Lipinski definition) is 6. The number of alkyl carbamates (subject to hydrolysis) is 1. The minimum atomic E-state index is -1.42. The molecular weight excluding hydrogens is 608 g/mol. The number of carbonyl (C=O) groups excluding carboxylic acids is 3. The maximum absolute atomic E-state index is 14.4. The summed E-state index contributed by atoms with van der Waals surface area (Å²) in [5.74, 6) is -3.01. The average molecular weight is 649 g/mol. The van der Waals surface area contributed by atoms with Crippen molar-refractivity contribution in [1.82, 2.24) is 10.2 Å². The number of hydrogen-bond donors (Lipinski definition) is 2. The SMILES string of the molecule is CC(C)(C)OC(=O)CN(C(=O)[C@@H](Cc1ccccc1)NC(=O)OCC1c2ccccc2-c2ccccc21)[C@@H](Cc1ccccc1)C(=O)O. The molecule has 9 heteroatoms. The molecule has 1 aliphatic carbocycles. The molecule has 0 saturated carbocycles. The highest BCUT2D eigenvalue weighted by Crippen LogP contribution is 2.44. The van der Waals surface area contributed by atoms with Gasteiger partial charge in [0.1, 0.15) is 30.8 Å². The van der Waals surface area contributed by atoms with Crippen LogP contribution in [0, 0.1) is 0 Å². The summed E-state index contributed by atoms with van der Waals surface area (Å²) in [6, 6.07) is 31.1. The second-order valence-corrected chi connectivity index (χ2v) is 12.8. The van der Waals surface area contributed by atoms with Gasteiger partial charge in [-0.25, -0.2) is 9.59 Å². The third-order valence-corrected chi connectivity index (χ3v) is 8.15. The van der Waals surface area contributed by atoms with Crippen LogP contribution in [0.3, 0.4) is 0 Å². The normalized spacial score (nSPS) is 13.4. The molecule has 0 bridgehead atoms. The number of carbonyl (C=O) groups is 4. The highest BCUT2D eigenvalue weighted by atomic mass is 16.6. The Kier molecular flexibility index (Phi) is 10.6. The van der Waals surface area contributed by atoms with Gasteiger partial charge in [-0.05, 0) is 54.2 Å². The molecule has 48 heavy (non-hydrogen) atoms. The molecule has 2 amide bonds. The van der Waals surface area contributed by atoms with Crippen molar-refractivity contribution < 1.29 is 33.8 Å². The van der Waals surface area contributed by atoms with E-state index in [0.29, 0.717) is 5.56 Å². The number of rotatable bonds is 12. The number of esters is 1. The molecule has 0 heterocycles. The van der Waals surface area contributed by atoms with Gasteiger partial charge in [-0.2, -0.15) is 0 Å². The lowest BCUT2D eigenvalue weighted by Crippen LogP contribution is -2.57. The van der Waals surface area contributed by atoms with Crippen LogP contribution in [-0.4, -0.2) is 64.8 Å². The number of carboxylic acid groups (broad SMARTS) is 1. The first kappa shape index (κ1) is 33.9. The van der Waals surface area contributed by atoms with Crippen LogP contribution in [0.25, 0.3) is 11.1 Å². The molecule has 0 unspecified atom stereocenters. The lowest BCUT2D eigenvalue weighted by molar-refractivity contribution is -0.163. The van der Waals surface area contributed by atoms with Crippen molar-refractivity contribution in [3.63, 3.8) is 0 Å². The number of amides is 2. The zero-order chi connectivity index (χ0) is 34.3. The average Bonchev–Trinajstić information content (AvgIpc) is 3.38. The predicted molar refractivity (Wildman–Crippen MR) is 181 cm³/mol. The first-order valence-electron chi connectivity index (χ1n) is 15.9. The van der Waals surface area contributed by atoms with E-state index in [9.17, 15) is 24.3 Å². The van der Waals surface area contributed by atoms with Crippen LogP contribution in [0.4, 0.5) is 4.79 Å². The number of benzene rings is 4. The van der Waals surface area contributed by atoms with E-state index in [1.54, 1.807) is 75.4 Å². The summed E-state index contributed by atoms with van der Waals surface area (Å²) in [5.41, 5.74) is 4.75. The van der Waals surface area contributed by atoms with Crippen molar-refractivity contribution in [3.05, 3.63) is 131 Å². The monoisotopic (exact) mass is 648 g/mol. The molecule has 2 atom stereocenters. The second-order valence-electron chi connectivity index (χ2n) is 12.8. The largest absolute Gasteiger partial charge is 0.480 e. The minimum absolute atomic E-state index is 0.0273. The van der Waals surface area contributed by atoms with E-state index in [4.69, 9.17) is 9.47 Å². The van der Waals surface area contributed by atoms with Gasteiger partial charge in [-0.15, -0.1) is 0 Å². The molecule has 5 rings (SSSR count). The first-order chi connectivity index (χ1) is 23.0. The summed E-state index contributed by atoms with van der Waals surface area (Å²) in [6.45, 7) is 4.46. The minimum Gasteiger partial charge on any atom is -0.480 e. The number of nitrogens with one attached hydrogen (secondary N) is 1. The summed E-state index contributed by atoms with van der Waals surface area (Å²) in [5, 5.41) is 13.1. The van der Waals surface area contributed by atoms with Crippen LogP contribution in [-0.2, 0) is 36.7 Å². The number of aliphatic carboxylic acids is 1. The van der Waals surface area contributed by atoms with Gasteiger partial charge in [0.25, 0.3) is 0 Å². The Morgan fingerprint density at radius 1 is 0.750 bits per heavy atom. The van der Waals surface area contributed by atoms with E-state index in [1.807, 2.05) is 54.6 Å². The van der Waals surface area contributed by atoms with Crippen molar-refractivity contribution in [1.29, 1.82) is 0 Å². The van der Waals surface area contributed by atoms with E-state index in [0.717, 1.165) is 32.7 Å². The Morgan fingerprint density at radius 3 is 1.77 bits per heavy atom. The van der Waals surface area contributed by atoms with Crippen molar-refractivity contribution in [3.8, 4) is 11.1 Å². The van der Waals surface area contributed by atoms with Crippen molar-refractivity contribution >= 4 is 23.9 Å². The van der Waals surface area contributed by atoms with Crippen molar-refractivity contribution in [2.75, 3.05) is 13.2 Å². The van der Waals surface area contributed by atoms with E-state index in [2.05, 4.69) is 5.32 Å². The fraction of sp³-hybridized carbons (Fsp3) is 0.282. The predicted octanol–water partition coefficient (Wildman–Crippen LogP) is 6.00. The maximum atomic E-state index is 14.4. The van der Waals surface area contributed by atoms with Crippen LogP contribution in [0.15, 0.2) is 109 Å². The highest BCUT2D eigenvalue weighted by molar-refractivity contribution is 5.92. The fourth-order valence-corrected chi connectivity index (χ4v) is 6.06. The molecule has 0 radical (unpaired) electrons. The topological polar surface area (TPSA) is 122 Å². The third-order valence-electron chi connectivity index (χ3n) is 8.15. The highest BCUT2D eigenvalue weighted by Gasteiger charge is 2.38. The summed E-state index contributed by atoms with van der Waals surface area (Å²) >= 11 is 0. The summed E-state index contributed by atoms with van der Waals surface area (Å²) < 4.78 is 11.3. The zero-order valence-electron chi connectivity index (χ0n) is 27.3. The third kappa shape index (κ3) is 8.47. The number of fused-ring (bicyclic) bond motifs is 3. The van der Waals surface area contributed by atoms with Gasteiger partial charge in [0.2, 0.25) is 5.91 Å². The standard InChI is InChI=1S/C39H40N2O7/c1-39(2,3)48-35(42)24-41(34(37(44)45)23-27-16-8-5-9-17-27)36(43)33(22-26-14-6-4-7-15-26)40-38(46)47-25-32-30-20-12-10-18-28(30)29-19-11-13-21-31(29)32/h4-21,32-34H,22-25H2,1-3H3,(H,40,46)(H,44,45)/t33-,34+/m1/s1. The molecule has 248 valence electrons. The van der Waals surface area contributed by atoms with Gasteiger partial charge in [0.15, 0.2) is 0 Å². The fourth-order valence-electron chi connectivity index (χ4n) is 6.06. The zero-order valence-corrected chi connectivity index (χ0v) is 27.3. The lowest BCUT2D eigenvalue weighted by Gasteiger charge is -2.33. The Bertz CT molecular complexity index is 1710. The first-order valence-corrected chi connectivity index (χ1v) is 15.9. The van der Waals surface area contributed by atoms with Gasteiger partial charge in [0.05, 0.1) is 0 Å². The Hall–Kier alpha value is -5.44. The summed E-state index contributed by atoms with van der Waals surface area (Å²) in [4.78, 5) is 54.6. The number of ether oxygens (including phenoxy) is 2. The van der Waals surface area contributed by atoms with Crippen molar-refractivity contribution in [2.24, 2.45) is 0 Å². The molecule has 0 fully saturated rings. The van der Waals surface area contributed by atoms with Gasteiger partial charge in [-0.1, -0.05) is 109 Å². The van der Waals surface area contributed by atoms with E-state index in [-0.39, 0.29) is 25.4 Å². The second kappa shape index (κ2) is 15.0. The summed E-state index contributed by atoms with van der Waals surface area (Å²) in [6.07, 6.45) is -0.863.